The molecule has 2 aromatic rings. The number of aliphatic hydroxyl groups is 1. The first-order valence-electron chi connectivity index (χ1n) is 6.39. The summed E-state index contributed by atoms with van der Waals surface area (Å²) in [5.74, 6) is 0.779. The van der Waals surface area contributed by atoms with Gasteiger partial charge in [0.2, 0.25) is 0 Å². The molecule has 17 heavy (non-hydrogen) atoms. The SMILES string of the molecule is CCCCn1c(CO)nc2cc(CC)ccc21. The van der Waals surface area contributed by atoms with E-state index in [9.17, 15) is 5.11 Å². The van der Waals surface area contributed by atoms with Crippen LogP contribution in [0.4, 0.5) is 0 Å². The Morgan fingerprint density at radius 1 is 1.29 bits per heavy atom. The second-order valence-electron chi connectivity index (χ2n) is 4.37. The number of imidazole rings is 1. The molecule has 0 spiro atoms. The first kappa shape index (κ1) is 12.1. The largest absolute Gasteiger partial charge is 0.388 e. The van der Waals surface area contributed by atoms with E-state index in [1.54, 1.807) is 0 Å². The van der Waals surface area contributed by atoms with Crippen LogP contribution in [0.25, 0.3) is 11.0 Å². The molecule has 0 saturated carbocycles. The lowest BCUT2D eigenvalue weighted by Gasteiger charge is -2.06. The van der Waals surface area contributed by atoms with Crippen LogP contribution < -0.4 is 0 Å². The molecule has 2 rings (SSSR count). The number of fused-ring (bicyclic) bond motifs is 1. The van der Waals surface area contributed by atoms with Crippen molar-refractivity contribution < 1.29 is 5.11 Å². The number of rotatable bonds is 5. The van der Waals surface area contributed by atoms with Gasteiger partial charge in [-0.3, -0.25) is 0 Å². The van der Waals surface area contributed by atoms with Crippen LogP contribution in [0.15, 0.2) is 18.2 Å². The normalized spacial score (nSPS) is 11.2. The summed E-state index contributed by atoms with van der Waals surface area (Å²) in [5, 5.41) is 9.36. The summed E-state index contributed by atoms with van der Waals surface area (Å²) in [5.41, 5.74) is 3.44. The molecule has 1 aromatic carbocycles. The summed E-state index contributed by atoms with van der Waals surface area (Å²) < 4.78 is 2.14. The van der Waals surface area contributed by atoms with E-state index < -0.39 is 0 Å². The summed E-state index contributed by atoms with van der Waals surface area (Å²) in [6, 6.07) is 6.39. The van der Waals surface area contributed by atoms with Crippen LogP contribution in [0.5, 0.6) is 0 Å². The van der Waals surface area contributed by atoms with Crippen molar-refractivity contribution in [2.24, 2.45) is 0 Å². The number of benzene rings is 1. The summed E-state index contributed by atoms with van der Waals surface area (Å²) >= 11 is 0. The molecule has 0 amide bonds. The average molecular weight is 232 g/mol. The molecule has 0 atom stereocenters. The second kappa shape index (κ2) is 5.32. The molecular weight excluding hydrogens is 212 g/mol. The van der Waals surface area contributed by atoms with Gasteiger partial charge >= 0.3 is 0 Å². The predicted octanol–water partition coefficient (Wildman–Crippen LogP) is 2.89. The van der Waals surface area contributed by atoms with Crippen LogP contribution in [0.3, 0.4) is 0 Å². The zero-order chi connectivity index (χ0) is 12.3. The standard InChI is InChI=1S/C14H20N2O/c1-3-5-8-16-13-7-6-11(4-2)9-12(13)15-14(16)10-17/h6-7,9,17H,3-5,8,10H2,1-2H3. The fourth-order valence-electron chi connectivity index (χ4n) is 2.13. The Morgan fingerprint density at radius 2 is 2.12 bits per heavy atom. The maximum atomic E-state index is 9.36. The maximum absolute atomic E-state index is 9.36. The molecular formula is C14H20N2O. The first-order valence-corrected chi connectivity index (χ1v) is 6.39. The van der Waals surface area contributed by atoms with Crippen LogP contribution in [-0.2, 0) is 19.6 Å². The molecule has 92 valence electrons. The summed E-state index contributed by atoms with van der Waals surface area (Å²) in [6.45, 7) is 5.27. The molecule has 0 aliphatic rings. The fraction of sp³-hybridized carbons (Fsp3) is 0.500. The van der Waals surface area contributed by atoms with Crippen molar-refractivity contribution in [1.29, 1.82) is 0 Å². The number of hydrogen-bond acceptors (Lipinski definition) is 2. The van der Waals surface area contributed by atoms with Crippen LogP contribution >= 0.6 is 0 Å². The highest BCUT2D eigenvalue weighted by Gasteiger charge is 2.09. The minimum atomic E-state index is 0.0137. The Labute approximate surface area is 102 Å². The van der Waals surface area contributed by atoms with Crippen LogP contribution in [0.1, 0.15) is 38.1 Å². The number of nitrogens with zero attached hydrogens (tertiary/aromatic N) is 2. The Morgan fingerprint density at radius 3 is 2.76 bits per heavy atom. The van der Waals surface area contributed by atoms with E-state index in [4.69, 9.17) is 0 Å². The lowest BCUT2D eigenvalue weighted by molar-refractivity contribution is 0.265. The Hall–Kier alpha value is -1.35. The zero-order valence-electron chi connectivity index (χ0n) is 10.6. The van der Waals surface area contributed by atoms with E-state index in [-0.39, 0.29) is 6.61 Å². The quantitative estimate of drug-likeness (QED) is 0.860. The van der Waals surface area contributed by atoms with Crippen molar-refractivity contribution in [1.82, 2.24) is 9.55 Å². The predicted molar refractivity (Wildman–Crippen MR) is 69.9 cm³/mol. The van der Waals surface area contributed by atoms with E-state index in [2.05, 4.69) is 41.6 Å². The van der Waals surface area contributed by atoms with Gasteiger partial charge in [-0.25, -0.2) is 4.98 Å². The van der Waals surface area contributed by atoms with Crippen molar-refractivity contribution in [2.45, 2.75) is 46.3 Å². The minimum absolute atomic E-state index is 0.0137. The number of unbranched alkanes of at least 4 members (excludes halogenated alkanes) is 1. The Kier molecular flexibility index (Phi) is 3.79. The first-order chi connectivity index (χ1) is 8.30. The van der Waals surface area contributed by atoms with Crippen LogP contribution in [0, 0.1) is 0 Å². The number of aliphatic hydroxyl groups excluding tert-OH is 1. The van der Waals surface area contributed by atoms with Gasteiger partial charge in [0, 0.05) is 6.54 Å². The van der Waals surface area contributed by atoms with Gasteiger partial charge in [-0.05, 0) is 30.5 Å². The molecule has 0 radical (unpaired) electrons. The molecule has 3 nitrogen and oxygen atoms in total. The van der Waals surface area contributed by atoms with E-state index in [0.717, 1.165) is 42.7 Å². The highest BCUT2D eigenvalue weighted by molar-refractivity contribution is 5.76. The van der Waals surface area contributed by atoms with Gasteiger partial charge in [0.15, 0.2) is 0 Å². The summed E-state index contributed by atoms with van der Waals surface area (Å²) in [7, 11) is 0. The molecule has 1 aromatic heterocycles. The van der Waals surface area contributed by atoms with E-state index in [0.29, 0.717) is 0 Å². The van der Waals surface area contributed by atoms with Crippen LogP contribution in [-0.4, -0.2) is 14.7 Å². The van der Waals surface area contributed by atoms with Gasteiger partial charge in [0.25, 0.3) is 0 Å². The lowest BCUT2D eigenvalue weighted by atomic mass is 10.1. The molecule has 0 aliphatic carbocycles. The Balaban J connectivity index is 2.47. The fourth-order valence-corrected chi connectivity index (χ4v) is 2.13. The van der Waals surface area contributed by atoms with Gasteiger partial charge in [-0.15, -0.1) is 0 Å². The van der Waals surface area contributed by atoms with Crippen molar-refractivity contribution in [3.63, 3.8) is 0 Å². The minimum Gasteiger partial charge on any atom is -0.388 e. The van der Waals surface area contributed by atoms with Crippen molar-refractivity contribution in [3.8, 4) is 0 Å². The van der Waals surface area contributed by atoms with Gasteiger partial charge in [0.1, 0.15) is 12.4 Å². The topological polar surface area (TPSA) is 38.0 Å². The molecule has 0 aliphatic heterocycles. The highest BCUT2D eigenvalue weighted by Crippen LogP contribution is 2.19. The molecule has 0 fully saturated rings. The average Bonchev–Trinajstić information content (AvgIpc) is 2.72. The van der Waals surface area contributed by atoms with Gasteiger partial charge in [-0.2, -0.15) is 0 Å². The third kappa shape index (κ3) is 2.34. The monoisotopic (exact) mass is 232 g/mol. The van der Waals surface area contributed by atoms with Gasteiger partial charge < -0.3 is 9.67 Å². The molecule has 3 heteroatoms. The Bertz CT molecular complexity index is 502. The smallest absolute Gasteiger partial charge is 0.135 e. The van der Waals surface area contributed by atoms with E-state index in [1.807, 2.05) is 0 Å². The van der Waals surface area contributed by atoms with Crippen molar-refractivity contribution in [2.75, 3.05) is 0 Å². The zero-order valence-corrected chi connectivity index (χ0v) is 10.6. The molecule has 0 saturated heterocycles. The van der Waals surface area contributed by atoms with Gasteiger partial charge in [0.05, 0.1) is 11.0 Å². The molecule has 0 unspecified atom stereocenters. The molecule has 1 heterocycles. The van der Waals surface area contributed by atoms with E-state index >= 15 is 0 Å². The summed E-state index contributed by atoms with van der Waals surface area (Å²) in [4.78, 5) is 4.51. The highest BCUT2D eigenvalue weighted by atomic mass is 16.3. The van der Waals surface area contributed by atoms with Crippen molar-refractivity contribution in [3.05, 3.63) is 29.6 Å². The molecule has 1 N–H and O–H groups in total. The lowest BCUT2D eigenvalue weighted by Crippen LogP contribution is -2.03. The third-order valence-electron chi connectivity index (χ3n) is 3.18. The van der Waals surface area contributed by atoms with Gasteiger partial charge in [-0.1, -0.05) is 26.3 Å². The number of aryl methyl sites for hydroxylation is 2. The second-order valence-corrected chi connectivity index (χ2v) is 4.37. The summed E-state index contributed by atoms with van der Waals surface area (Å²) in [6.07, 6.45) is 3.29. The maximum Gasteiger partial charge on any atom is 0.135 e. The number of hydrogen-bond donors (Lipinski definition) is 1. The number of aromatic nitrogens is 2. The van der Waals surface area contributed by atoms with E-state index in [1.165, 1.54) is 5.56 Å². The van der Waals surface area contributed by atoms with Crippen molar-refractivity contribution >= 4 is 11.0 Å². The van der Waals surface area contributed by atoms with Crippen LogP contribution in [0.2, 0.25) is 0 Å². The third-order valence-corrected chi connectivity index (χ3v) is 3.18. The molecule has 0 bridgehead atoms.